The standard InChI is InChI=1S/C12H11Br2FN2/c1-3-17-12(11(14)7(2)16-17)9-5-4-8(15)6-10(9)13/h4-6H,3H2,1-2H3. The summed E-state index contributed by atoms with van der Waals surface area (Å²) in [5.74, 6) is -0.254. The monoisotopic (exact) mass is 360 g/mol. The first-order chi connectivity index (χ1) is 8.04. The van der Waals surface area contributed by atoms with Gasteiger partial charge in [0.15, 0.2) is 0 Å². The van der Waals surface area contributed by atoms with Crippen molar-refractivity contribution in [3.05, 3.63) is 38.7 Å². The Balaban J connectivity index is 2.67. The van der Waals surface area contributed by atoms with Crippen molar-refractivity contribution in [3.63, 3.8) is 0 Å². The van der Waals surface area contributed by atoms with Crippen LogP contribution in [0.25, 0.3) is 11.3 Å². The van der Waals surface area contributed by atoms with Gasteiger partial charge in [-0.05, 0) is 63.9 Å². The highest BCUT2D eigenvalue weighted by atomic mass is 79.9. The highest BCUT2D eigenvalue weighted by Crippen LogP contribution is 2.35. The number of rotatable bonds is 2. The van der Waals surface area contributed by atoms with Crippen LogP contribution in [-0.4, -0.2) is 9.78 Å². The fraction of sp³-hybridized carbons (Fsp3) is 0.250. The lowest BCUT2D eigenvalue weighted by Crippen LogP contribution is -1.99. The summed E-state index contributed by atoms with van der Waals surface area (Å²) in [4.78, 5) is 0. The lowest BCUT2D eigenvalue weighted by atomic mass is 10.1. The average Bonchev–Trinajstić information content (AvgIpc) is 2.56. The summed E-state index contributed by atoms with van der Waals surface area (Å²) >= 11 is 6.92. The Morgan fingerprint density at radius 3 is 2.65 bits per heavy atom. The molecule has 1 heterocycles. The second kappa shape index (κ2) is 4.90. The van der Waals surface area contributed by atoms with Gasteiger partial charge in [-0.15, -0.1) is 0 Å². The summed E-state index contributed by atoms with van der Waals surface area (Å²) in [6, 6.07) is 4.67. The molecule has 0 atom stereocenters. The Bertz CT molecular complexity index is 564. The predicted octanol–water partition coefficient (Wildman–Crippen LogP) is 4.54. The molecule has 0 N–H and O–H groups in total. The Morgan fingerprint density at radius 1 is 1.35 bits per heavy atom. The Hall–Kier alpha value is -0.680. The zero-order valence-corrected chi connectivity index (χ0v) is 12.6. The van der Waals surface area contributed by atoms with E-state index in [2.05, 4.69) is 37.0 Å². The van der Waals surface area contributed by atoms with E-state index in [-0.39, 0.29) is 5.82 Å². The number of hydrogen-bond acceptors (Lipinski definition) is 1. The summed E-state index contributed by atoms with van der Waals surface area (Å²) in [6.45, 7) is 4.74. The SMILES string of the molecule is CCn1nc(C)c(Br)c1-c1ccc(F)cc1Br. The number of aryl methyl sites for hydroxylation is 2. The summed E-state index contributed by atoms with van der Waals surface area (Å²) in [7, 11) is 0. The van der Waals surface area contributed by atoms with Crippen molar-refractivity contribution in [2.45, 2.75) is 20.4 Å². The van der Waals surface area contributed by atoms with E-state index in [1.807, 2.05) is 18.5 Å². The highest BCUT2D eigenvalue weighted by Gasteiger charge is 2.16. The molecule has 0 saturated carbocycles. The summed E-state index contributed by atoms with van der Waals surface area (Å²) < 4.78 is 16.7. The molecule has 0 bridgehead atoms. The second-order valence-electron chi connectivity index (χ2n) is 3.69. The molecule has 2 aromatic rings. The van der Waals surface area contributed by atoms with Gasteiger partial charge in [-0.3, -0.25) is 4.68 Å². The fourth-order valence-corrected chi connectivity index (χ4v) is 2.76. The Kier molecular flexibility index (Phi) is 3.68. The zero-order valence-electron chi connectivity index (χ0n) is 9.47. The molecule has 2 nitrogen and oxygen atoms in total. The van der Waals surface area contributed by atoms with E-state index in [0.29, 0.717) is 0 Å². The van der Waals surface area contributed by atoms with E-state index < -0.39 is 0 Å². The van der Waals surface area contributed by atoms with Crippen LogP contribution in [0.5, 0.6) is 0 Å². The molecule has 0 unspecified atom stereocenters. The summed E-state index contributed by atoms with van der Waals surface area (Å²) in [5.41, 5.74) is 2.83. The number of nitrogens with zero attached hydrogens (tertiary/aromatic N) is 2. The van der Waals surface area contributed by atoms with Crippen molar-refractivity contribution in [3.8, 4) is 11.3 Å². The van der Waals surface area contributed by atoms with Crippen LogP contribution in [0.4, 0.5) is 4.39 Å². The Labute approximate surface area is 116 Å². The number of hydrogen-bond donors (Lipinski definition) is 0. The average molecular weight is 362 g/mol. The van der Waals surface area contributed by atoms with Gasteiger partial charge >= 0.3 is 0 Å². The molecule has 0 aliphatic heterocycles. The molecule has 0 amide bonds. The molecule has 1 aromatic carbocycles. The molecule has 2 rings (SSSR count). The second-order valence-corrected chi connectivity index (χ2v) is 5.34. The molecule has 0 aliphatic carbocycles. The normalized spacial score (nSPS) is 10.9. The predicted molar refractivity (Wildman–Crippen MR) is 73.4 cm³/mol. The third-order valence-electron chi connectivity index (χ3n) is 2.54. The molecule has 0 saturated heterocycles. The van der Waals surface area contributed by atoms with Gasteiger partial charge in [0, 0.05) is 16.6 Å². The first-order valence-electron chi connectivity index (χ1n) is 5.23. The van der Waals surface area contributed by atoms with Crippen molar-refractivity contribution in [2.24, 2.45) is 0 Å². The first-order valence-corrected chi connectivity index (χ1v) is 6.81. The first kappa shape index (κ1) is 12.8. The van der Waals surface area contributed by atoms with Crippen molar-refractivity contribution in [1.82, 2.24) is 9.78 Å². The van der Waals surface area contributed by atoms with Crippen LogP contribution in [0.2, 0.25) is 0 Å². The minimum Gasteiger partial charge on any atom is -0.264 e. The van der Waals surface area contributed by atoms with Gasteiger partial charge < -0.3 is 0 Å². The topological polar surface area (TPSA) is 17.8 Å². The third-order valence-corrected chi connectivity index (χ3v) is 4.15. The van der Waals surface area contributed by atoms with Gasteiger partial charge in [-0.1, -0.05) is 0 Å². The van der Waals surface area contributed by atoms with Gasteiger partial charge in [0.1, 0.15) is 5.82 Å². The largest absolute Gasteiger partial charge is 0.264 e. The van der Waals surface area contributed by atoms with Crippen molar-refractivity contribution >= 4 is 31.9 Å². The lowest BCUT2D eigenvalue weighted by Gasteiger charge is -2.08. The van der Waals surface area contributed by atoms with Crippen LogP contribution in [-0.2, 0) is 6.54 Å². The lowest BCUT2D eigenvalue weighted by molar-refractivity contribution is 0.626. The van der Waals surface area contributed by atoms with E-state index >= 15 is 0 Å². The van der Waals surface area contributed by atoms with Gasteiger partial charge in [0.2, 0.25) is 0 Å². The van der Waals surface area contributed by atoms with Gasteiger partial charge in [0.25, 0.3) is 0 Å². The van der Waals surface area contributed by atoms with E-state index in [9.17, 15) is 4.39 Å². The molecular formula is C12H11Br2FN2. The molecule has 0 spiro atoms. The molecule has 5 heteroatoms. The molecular weight excluding hydrogens is 351 g/mol. The van der Waals surface area contributed by atoms with Crippen LogP contribution in [0.15, 0.2) is 27.1 Å². The van der Waals surface area contributed by atoms with Crippen LogP contribution in [0.1, 0.15) is 12.6 Å². The fourth-order valence-electron chi connectivity index (χ4n) is 1.73. The van der Waals surface area contributed by atoms with Crippen molar-refractivity contribution < 1.29 is 4.39 Å². The van der Waals surface area contributed by atoms with E-state index in [1.165, 1.54) is 12.1 Å². The van der Waals surface area contributed by atoms with Gasteiger partial charge in [-0.25, -0.2) is 4.39 Å². The molecule has 0 radical (unpaired) electrons. The van der Waals surface area contributed by atoms with Crippen LogP contribution >= 0.6 is 31.9 Å². The molecule has 0 fully saturated rings. The summed E-state index contributed by atoms with van der Waals surface area (Å²) in [6.07, 6.45) is 0. The number of aromatic nitrogens is 2. The van der Waals surface area contributed by atoms with Crippen molar-refractivity contribution in [2.75, 3.05) is 0 Å². The van der Waals surface area contributed by atoms with Crippen molar-refractivity contribution in [1.29, 1.82) is 0 Å². The van der Waals surface area contributed by atoms with E-state index in [0.717, 1.165) is 32.4 Å². The minimum atomic E-state index is -0.254. The molecule has 90 valence electrons. The van der Waals surface area contributed by atoms with Gasteiger partial charge in [-0.2, -0.15) is 5.10 Å². The molecule has 1 aromatic heterocycles. The van der Waals surface area contributed by atoms with Crippen LogP contribution in [0.3, 0.4) is 0 Å². The minimum absolute atomic E-state index is 0.254. The quantitative estimate of drug-likeness (QED) is 0.767. The maximum absolute atomic E-state index is 13.1. The summed E-state index contributed by atoms with van der Waals surface area (Å²) in [5, 5.41) is 4.42. The third kappa shape index (κ3) is 2.31. The van der Waals surface area contributed by atoms with E-state index in [1.54, 1.807) is 6.07 Å². The van der Waals surface area contributed by atoms with Crippen LogP contribution < -0.4 is 0 Å². The molecule has 0 aliphatic rings. The number of benzene rings is 1. The number of halogens is 3. The van der Waals surface area contributed by atoms with Gasteiger partial charge in [0.05, 0.1) is 15.9 Å². The Morgan fingerprint density at radius 2 is 2.06 bits per heavy atom. The zero-order chi connectivity index (χ0) is 12.6. The van der Waals surface area contributed by atoms with E-state index in [4.69, 9.17) is 0 Å². The van der Waals surface area contributed by atoms with Crippen LogP contribution in [0, 0.1) is 12.7 Å². The maximum atomic E-state index is 13.1. The smallest absolute Gasteiger partial charge is 0.124 e. The highest BCUT2D eigenvalue weighted by molar-refractivity contribution is 9.11. The molecule has 17 heavy (non-hydrogen) atoms. The maximum Gasteiger partial charge on any atom is 0.124 e.